The average molecular weight is 195 g/mol. The van der Waals surface area contributed by atoms with Gasteiger partial charge in [-0.05, 0) is 19.3 Å². The highest BCUT2D eigenvalue weighted by molar-refractivity contribution is 9.09. The van der Waals surface area contributed by atoms with Gasteiger partial charge in [-0.2, -0.15) is 0 Å². The molecule has 1 aliphatic rings. The Morgan fingerprint density at radius 3 is 2.33 bits per heavy atom. The first kappa shape index (κ1) is 7.51. The Hall–Kier alpha value is 0.400. The minimum atomic E-state index is -0.557. The number of aliphatic hydroxyl groups excluding tert-OH is 2. The summed E-state index contributed by atoms with van der Waals surface area (Å²) in [4.78, 5) is 0.0984. The Bertz CT molecular complexity index is 87.1. The largest absolute Gasteiger partial charge is 0.390 e. The molecule has 54 valence electrons. The van der Waals surface area contributed by atoms with Crippen LogP contribution in [-0.2, 0) is 0 Å². The molecule has 1 saturated carbocycles. The van der Waals surface area contributed by atoms with E-state index in [0.29, 0.717) is 0 Å². The molecule has 0 heterocycles. The monoisotopic (exact) mass is 194 g/mol. The van der Waals surface area contributed by atoms with Gasteiger partial charge in [-0.15, -0.1) is 0 Å². The number of hydrogen-bond acceptors (Lipinski definition) is 2. The lowest BCUT2D eigenvalue weighted by Gasteiger charge is -2.27. The SMILES string of the molecule is OC1CCCC(Br)C1O. The van der Waals surface area contributed by atoms with Crippen LogP contribution in [0, 0.1) is 0 Å². The predicted octanol–water partition coefficient (Wildman–Crippen LogP) is 0.656. The van der Waals surface area contributed by atoms with E-state index in [1.165, 1.54) is 0 Å². The van der Waals surface area contributed by atoms with Gasteiger partial charge in [0.1, 0.15) is 0 Å². The smallest absolute Gasteiger partial charge is 0.0923 e. The van der Waals surface area contributed by atoms with E-state index in [9.17, 15) is 0 Å². The van der Waals surface area contributed by atoms with Crippen molar-refractivity contribution in [3.63, 3.8) is 0 Å². The lowest BCUT2D eigenvalue weighted by molar-refractivity contribution is -0.00306. The molecule has 1 fully saturated rings. The zero-order chi connectivity index (χ0) is 6.85. The molecular formula is C6H11BrO2. The van der Waals surface area contributed by atoms with E-state index >= 15 is 0 Å². The van der Waals surface area contributed by atoms with E-state index in [1.807, 2.05) is 0 Å². The molecule has 0 aromatic rings. The summed E-state index contributed by atoms with van der Waals surface area (Å²) >= 11 is 3.28. The minimum Gasteiger partial charge on any atom is -0.390 e. The van der Waals surface area contributed by atoms with Crippen LogP contribution in [-0.4, -0.2) is 27.2 Å². The molecule has 9 heavy (non-hydrogen) atoms. The fourth-order valence-corrected chi connectivity index (χ4v) is 1.78. The van der Waals surface area contributed by atoms with Gasteiger partial charge >= 0.3 is 0 Å². The number of alkyl halides is 1. The van der Waals surface area contributed by atoms with Crippen molar-refractivity contribution in [1.82, 2.24) is 0 Å². The van der Waals surface area contributed by atoms with Gasteiger partial charge in [0.2, 0.25) is 0 Å². The van der Waals surface area contributed by atoms with E-state index < -0.39 is 12.2 Å². The first-order chi connectivity index (χ1) is 4.22. The third-order valence-electron chi connectivity index (χ3n) is 1.74. The van der Waals surface area contributed by atoms with Crippen molar-refractivity contribution in [3.05, 3.63) is 0 Å². The molecule has 1 aliphatic carbocycles. The van der Waals surface area contributed by atoms with Crippen LogP contribution in [0.15, 0.2) is 0 Å². The molecule has 3 heteroatoms. The highest BCUT2D eigenvalue weighted by atomic mass is 79.9. The lowest BCUT2D eigenvalue weighted by Crippen LogP contribution is -2.37. The van der Waals surface area contributed by atoms with Crippen LogP contribution in [0.4, 0.5) is 0 Å². The maximum atomic E-state index is 9.15. The highest BCUT2D eigenvalue weighted by Crippen LogP contribution is 2.24. The first-order valence-electron chi connectivity index (χ1n) is 3.22. The lowest BCUT2D eigenvalue weighted by atomic mass is 9.95. The van der Waals surface area contributed by atoms with Crippen LogP contribution in [0.25, 0.3) is 0 Å². The van der Waals surface area contributed by atoms with Crippen LogP contribution in [0.1, 0.15) is 19.3 Å². The second kappa shape index (κ2) is 2.99. The second-order valence-corrected chi connectivity index (χ2v) is 3.68. The molecule has 0 spiro atoms. The highest BCUT2D eigenvalue weighted by Gasteiger charge is 2.27. The minimum absolute atomic E-state index is 0.0984. The van der Waals surface area contributed by atoms with Crippen molar-refractivity contribution in [2.75, 3.05) is 0 Å². The Morgan fingerprint density at radius 1 is 1.22 bits per heavy atom. The molecule has 0 amide bonds. The van der Waals surface area contributed by atoms with Gasteiger partial charge in [-0.1, -0.05) is 15.9 Å². The van der Waals surface area contributed by atoms with Gasteiger partial charge < -0.3 is 10.2 Å². The first-order valence-corrected chi connectivity index (χ1v) is 4.13. The molecule has 0 radical (unpaired) electrons. The molecule has 1 rings (SSSR count). The third kappa shape index (κ3) is 1.66. The number of aliphatic hydroxyl groups is 2. The van der Waals surface area contributed by atoms with E-state index in [2.05, 4.69) is 15.9 Å². The van der Waals surface area contributed by atoms with E-state index in [4.69, 9.17) is 10.2 Å². The van der Waals surface area contributed by atoms with E-state index in [-0.39, 0.29) is 4.83 Å². The molecule has 0 aromatic carbocycles. The van der Waals surface area contributed by atoms with Crippen molar-refractivity contribution in [3.8, 4) is 0 Å². The van der Waals surface area contributed by atoms with E-state index in [1.54, 1.807) is 0 Å². The summed E-state index contributed by atoms with van der Waals surface area (Å²) in [6, 6.07) is 0. The van der Waals surface area contributed by atoms with Gasteiger partial charge in [0, 0.05) is 4.83 Å². The summed E-state index contributed by atoms with van der Waals surface area (Å²) in [5, 5.41) is 18.2. The van der Waals surface area contributed by atoms with Crippen LogP contribution >= 0.6 is 15.9 Å². The zero-order valence-corrected chi connectivity index (χ0v) is 6.71. The zero-order valence-electron chi connectivity index (χ0n) is 5.13. The molecule has 0 aliphatic heterocycles. The van der Waals surface area contributed by atoms with Crippen LogP contribution < -0.4 is 0 Å². The number of hydrogen-bond donors (Lipinski definition) is 2. The number of rotatable bonds is 0. The fourth-order valence-electron chi connectivity index (χ4n) is 1.10. The molecule has 2 N–H and O–H groups in total. The summed E-state index contributed by atoms with van der Waals surface area (Å²) in [6.07, 6.45) is 1.65. The van der Waals surface area contributed by atoms with Gasteiger partial charge in [0.15, 0.2) is 0 Å². The molecule has 2 nitrogen and oxygen atoms in total. The van der Waals surface area contributed by atoms with Crippen molar-refractivity contribution in [2.45, 2.75) is 36.3 Å². The maximum absolute atomic E-state index is 9.15. The molecule has 0 aromatic heterocycles. The average Bonchev–Trinajstić information content (AvgIpc) is 1.83. The van der Waals surface area contributed by atoms with Crippen LogP contribution in [0.3, 0.4) is 0 Å². The Kier molecular flexibility index (Phi) is 2.50. The normalized spacial score (nSPS) is 45.0. The molecule has 3 atom stereocenters. The second-order valence-electron chi connectivity index (χ2n) is 2.50. The standard InChI is InChI=1S/C6H11BrO2/c7-4-2-1-3-5(8)6(4)9/h4-6,8-9H,1-3H2. The van der Waals surface area contributed by atoms with Gasteiger partial charge in [-0.3, -0.25) is 0 Å². The summed E-state index contributed by atoms with van der Waals surface area (Å²) < 4.78 is 0. The summed E-state index contributed by atoms with van der Waals surface area (Å²) in [5.41, 5.74) is 0. The Balaban J connectivity index is 2.41. The van der Waals surface area contributed by atoms with Crippen molar-refractivity contribution in [2.24, 2.45) is 0 Å². The van der Waals surface area contributed by atoms with Crippen LogP contribution in [0.2, 0.25) is 0 Å². The molecule has 3 unspecified atom stereocenters. The molecule has 0 bridgehead atoms. The fraction of sp³-hybridized carbons (Fsp3) is 1.00. The number of halogens is 1. The molecule has 0 saturated heterocycles. The quantitative estimate of drug-likeness (QED) is 0.557. The van der Waals surface area contributed by atoms with Gasteiger partial charge in [0.25, 0.3) is 0 Å². The van der Waals surface area contributed by atoms with Crippen molar-refractivity contribution in [1.29, 1.82) is 0 Å². The van der Waals surface area contributed by atoms with Crippen molar-refractivity contribution < 1.29 is 10.2 Å². The Morgan fingerprint density at radius 2 is 1.89 bits per heavy atom. The topological polar surface area (TPSA) is 40.5 Å². The predicted molar refractivity (Wildman–Crippen MR) is 38.6 cm³/mol. The van der Waals surface area contributed by atoms with Gasteiger partial charge in [-0.25, -0.2) is 0 Å². The Labute approximate surface area is 63.0 Å². The van der Waals surface area contributed by atoms with E-state index in [0.717, 1.165) is 19.3 Å². The van der Waals surface area contributed by atoms with Crippen molar-refractivity contribution >= 4 is 15.9 Å². The molecular weight excluding hydrogens is 184 g/mol. The third-order valence-corrected chi connectivity index (χ3v) is 2.74. The summed E-state index contributed by atoms with van der Waals surface area (Å²) in [6.45, 7) is 0. The van der Waals surface area contributed by atoms with Gasteiger partial charge in [0.05, 0.1) is 12.2 Å². The maximum Gasteiger partial charge on any atom is 0.0923 e. The van der Waals surface area contributed by atoms with Crippen LogP contribution in [0.5, 0.6) is 0 Å². The summed E-state index contributed by atoms with van der Waals surface area (Å²) in [7, 11) is 0. The summed E-state index contributed by atoms with van der Waals surface area (Å²) in [5.74, 6) is 0.